The average Bonchev–Trinajstić information content (AvgIpc) is 1.52. The van der Waals surface area contributed by atoms with E-state index in [1.165, 1.54) is 155 Å². The molecule has 25 aromatic rings. The van der Waals surface area contributed by atoms with Crippen LogP contribution >= 0.6 is 0 Å². The standard InChI is InChI=1S/C39H30O.3C31H24O/c1-26(2)27-10-12-28(13-11-27)29-14-16-30(17-15-29)31-18-20-32(21-19-31)33-22-24-34(25-23-33)35-7-5-8-37-36-6-3-4-9-38(36)40-39(35)37;1-20(2)21-14-16-22(17-15-21)23-18-19-26(25-9-4-3-8-24(23)25)28-11-7-12-29-27-10-5-6-13-30(27)32-31(28)29;1-20(2)21-11-13-22(14-12-21)24-16-17-25(27-8-4-3-7-26(24)27)23-15-18-31-29(19-23)28-9-5-6-10-30(28)32-31;1-20(2)21-11-13-22(14-12-21)24-17-18-25(27-8-4-3-7-26(24)27)23-15-16-29-28-9-5-6-10-30(28)32-31(29)19-23/h3-26H,1-2H3;3*3-20H,1-2H3. The SMILES string of the molecule is CC(C)c1ccc(-c2ccc(-c3ccc(-c4ccc(-c5cccc6c5oc5ccccc56)cc4)cc3)cc2)cc1.CC(C)c1ccc(-c2ccc(-c3ccc4c(c3)oc3ccccc34)c3ccccc23)cc1.CC(C)c1ccc(-c2ccc(-c3ccc4oc5ccccc5c4c3)c3ccccc23)cc1.CC(C)c1ccc(-c2ccc(-c3cccc4c3oc3ccccc34)c3ccccc23)cc1. The normalized spacial score (nSPS) is 11.6. The third-order valence-corrected chi connectivity index (χ3v) is 27.5. The molecule has 0 aliphatic heterocycles. The molecule has 0 fully saturated rings. The van der Waals surface area contributed by atoms with E-state index in [4.69, 9.17) is 17.7 Å². The van der Waals surface area contributed by atoms with Gasteiger partial charge < -0.3 is 17.7 Å². The summed E-state index contributed by atoms with van der Waals surface area (Å²) >= 11 is 0. The molecule has 0 amide bonds. The van der Waals surface area contributed by atoms with Crippen LogP contribution in [0.15, 0.2) is 467 Å². The topological polar surface area (TPSA) is 52.6 Å². The zero-order valence-electron chi connectivity index (χ0n) is 77.7. The number of hydrogen-bond donors (Lipinski definition) is 0. The summed E-state index contributed by atoms with van der Waals surface area (Å²) < 4.78 is 24.8. The van der Waals surface area contributed by atoms with Gasteiger partial charge in [0.1, 0.15) is 44.7 Å². The van der Waals surface area contributed by atoms with E-state index in [0.29, 0.717) is 23.7 Å². The summed E-state index contributed by atoms with van der Waals surface area (Å²) in [4.78, 5) is 0. The molecular formula is C132H102O4. The maximum atomic E-state index is 6.34. The molecule has 0 radical (unpaired) electrons. The maximum absolute atomic E-state index is 6.34. The summed E-state index contributed by atoms with van der Waals surface area (Å²) in [7, 11) is 0. The first-order chi connectivity index (χ1) is 66.7. The highest BCUT2D eigenvalue weighted by Gasteiger charge is 2.21. The van der Waals surface area contributed by atoms with E-state index < -0.39 is 0 Å². The number of fused-ring (bicyclic) bond motifs is 15. The lowest BCUT2D eigenvalue weighted by Gasteiger charge is -2.13. The van der Waals surface area contributed by atoms with Crippen molar-refractivity contribution in [3.63, 3.8) is 0 Å². The van der Waals surface area contributed by atoms with Crippen molar-refractivity contribution >= 4 is 120 Å². The van der Waals surface area contributed by atoms with Crippen LogP contribution in [0.4, 0.5) is 0 Å². The molecular weight excluding hydrogens is 1650 g/mol. The van der Waals surface area contributed by atoms with Crippen LogP contribution in [0, 0.1) is 0 Å². The minimum Gasteiger partial charge on any atom is -0.456 e. The van der Waals surface area contributed by atoms with E-state index in [1.807, 2.05) is 48.5 Å². The monoisotopic (exact) mass is 1750 g/mol. The van der Waals surface area contributed by atoms with Gasteiger partial charge in [-0.2, -0.15) is 0 Å². The lowest BCUT2D eigenvalue weighted by atomic mass is 9.90. The van der Waals surface area contributed by atoms with E-state index in [9.17, 15) is 0 Å². The highest BCUT2D eigenvalue weighted by atomic mass is 16.3. The van der Waals surface area contributed by atoms with Crippen molar-refractivity contribution in [2.24, 2.45) is 0 Å². The summed E-state index contributed by atoms with van der Waals surface area (Å²) in [5, 5.41) is 16.9. The minimum atomic E-state index is 0.535. The molecule has 0 atom stereocenters. The summed E-state index contributed by atoms with van der Waals surface area (Å²) in [5.41, 5.74) is 37.4. The van der Waals surface area contributed by atoms with Crippen molar-refractivity contribution in [2.75, 3.05) is 0 Å². The number of benzene rings is 21. The Morgan fingerprint density at radius 1 is 0.125 bits per heavy atom. The lowest BCUT2D eigenvalue weighted by Crippen LogP contribution is -1.89. The van der Waals surface area contributed by atoms with Crippen LogP contribution in [-0.2, 0) is 0 Å². The zero-order chi connectivity index (χ0) is 92.0. The molecule has 0 bridgehead atoms. The summed E-state index contributed by atoms with van der Waals surface area (Å²) in [6.07, 6.45) is 0. The second-order valence-electron chi connectivity index (χ2n) is 37.1. The van der Waals surface area contributed by atoms with Gasteiger partial charge in [0.15, 0.2) is 0 Å². The highest BCUT2D eigenvalue weighted by Crippen LogP contribution is 2.46. The number of rotatable bonds is 14. The molecule has 21 aromatic carbocycles. The van der Waals surface area contributed by atoms with Crippen molar-refractivity contribution in [1.82, 2.24) is 0 Å². The Kier molecular flexibility index (Phi) is 22.9. The average molecular weight is 1750 g/mol. The molecule has 4 heteroatoms. The number of furan rings is 4. The first-order valence-corrected chi connectivity index (χ1v) is 47.6. The smallest absolute Gasteiger partial charge is 0.143 e. The first kappa shape index (κ1) is 85.1. The Hall–Kier alpha value is -16.4. The zero-order valence-corrected chi connectivity index (χ0v) is 77.7. The molecule has 25 rings (SSSR count). The largest absolute Gasteiger partial charge is 0.456 e. The van der Waals surface area contributed by atoms with Crippen LogP contribution in [0.25, 0.3) is 231 Å². The van der Waals surface area contributed by atoms with Gasteiger partial charge in [0.25, 0.3) is 0 Å². The molecule has 136 heavy (non-hydrogen) atoms. The fraction of sp³-hybridized carbons (Fsp3) is 0.0909. The molecule has 4 heterocycles. The number of para-hydroxylation sites is 6. The van der Waals surface area contributed by atoms with Gasteiger partial charge in [0, 0.05) is 54.2 Å². The Morgan fingerprint density at radius 3 is 0.713 bits per heavy atom. The Balaban J connectivity index is 0.000000106. The predicted molar refractivity (Wildman–Crippen MR) is 578 cm³/mol. The van der Waals surface area contributed by atoms with E-state index in [0.717, 1.165) is 99.1 Å². The van der Waals surface area contributed by atoms with Crippen molar-refractivity contribution in [3.8, 4) is 111 Å². The molecule has 4 nitrogen and oxygen atoms in total. The van der Waals surface area contributed by atoms with E-state index >= 15 is 0 Å². The quantitative estimate of drug-likeness (QED) is 0.109. The Bertz CT molecular complexity index is 8700. The lowest BCUT2D eigenvalue weighted by molar-refractivity contribution is 0.668. The summed E-state index contributed by atoms with van der Waals surface area (Å²) in [6.45, 7) is 17.9. The molecule has 0 N–H and O–H groups in total. The van der Waals surface area contributed by atoms with Gasteiger partial charge in [-0.25, -0.2) is 0 Å². The highest BCUT2D eigenvalue weighted by molar-refractivity contribution is 6.16. The van der Waals surface area contributed by atoms with Gasteiger partial charge in [-0.1, -0.05) is 456 Å². The molecule has 0 aliphatic carbocycles. The van der Waals surface area contributed by atoms with Crippen molar-refractivity contribution in [1.29, 1.82) is 0 Å². The van der Waals surface area contributed by atoms with Crippen molar-refractivity contribution in [2.45, 2.75) is 79.1 Å². The first-order valence-electron chi connectivity index (χ1n) is 47.6. The second-order valence-corrected chi connectivity index (χ2v) is 37.1. The van der Waals surface area contributed by atoms with Crippen LogP contribution in [-0.4, -0.2) is 0 Å². The third kappa shape index (κ3) is 16.5. The molecule has 4 aromatic heterocycles. The van der Waals surface area contributed by atoms with E-state index in [2.05, 4.69) is 456 Å². The van der Waals surface area contributed by atoms with Crippen LogP contribution in [0.1, 0.15) is 101 Å². The third-order valence-electron chi connectivity index (χ3n) is 27.5. The maximum Gasteiger partial charge on any atom is 0.143 e. The molecule has 0 unspecified atom stereocenters. The van der Waals surface area contributed by atoms with Crippen molar-refractivity contribution < 1.29 is 17.7 Å². The fourth-order valence-electron chi connectivity index (χ4n) is 19.9. The van der Waals surface area contributed by atoms with E-state index in [1.54, 1.807) is 0 Å². The predicted octanol–water partition coefficient (Wildman–Crippen LogP) is 39.0. The van der Waals surface area contributed by atoms with Crippen molar-refractivity contribution in [3.05, 3.63) is 471 Å². The van der Waals surface area contributed by atoms with Crippen LogP contribution in [0.2, 0.25) is 0 Å². The summed E-state index contributed by atoms with van der Waals surface area (Å²) in [6, 6.07) is 161. The molecule has 0 saturated carbocycles. The van der Waals surface area contributed by atoms with Gasteiger partial charge in [-0.3, -0.25) is 0 Å². The van der Waals surface area contributed by atoms with Gasteiger partial charge >= 0.3 is 0 Å². The van der Waals surface area contributed by atoms with Crippen LogP contribution in [0.3, 0.4) is 0 Å². The van der Waals surface area contributed by atoms with Gasteiger partial charge in [0.2, 0.25) is 0 Å². The molecule has 654 valence electrons. The molecule has 0 aliphatic rings. The molecule has 0 spiro atoms. The van der Waals surface area contributed by atoms with Gasteiger partial charge in [-0.05, 0) is 227 Å². The summed E-state index contributed by atoms with van der Waals surface area (Å²) in [5.74, 6) is 2.16. The number of hydrogen-bond acceptors (Lipinski definition) is 4. The fourth-order valence-corrected chi connectivity index (χ4v) is 19.9. The second kappa shape index (κ2) is 36.6. The van der Waals surface area contributed by atoms with Crippen LogP contribution in [0.5, 0.6) is 0 Å². The molecule has 0 saturated heterocycles. The van der Waals surface area contributed by atoms with Crippen LogP contribution < -0.4 is 0 Å². The minimum absolute atomic E-state index is 0.535. The van der Waals surface area contributed by atoms with E-state index in [-0.39, 0.29) is 0 Å². The van der Waals surface area contributed by atoms with Gasteiger partial charge in [0.05, 0.1) is 0 Å². The Morgan fingerprint density at radius 2 is 0.346 bits per heavy atom. The van der Waals surface area contributed by atoms with Gasteiger partial charge in [-0.15, -0.1) is 0 Å². The Labute approximate surface area is 793 Å².